The lowest BCUT2D eigenvalue weighted by atomic mass is 10.1. The van der Waals surface area contributed by atoms with Crippen molar-refractivity contribution in [2.75, 3.05) is 20.7 Å². The van der Waals surface area contributed by atoms with Gasteiger partial charge in [0.1, 0.15) is 5.75 Å². The van der Waals surface area contributed by atoms with Gasteiger partial charge in [-0.3, -0.25) is 9.98 Å². The summed E-state index contributed by atoms with van der Waals surface area (Å²) in [5.41, 5.74) is 2.21. The molecule has 5 heteroatoms. The van der Waals surface area contributed by atoms with Gasteiger partial charge in [-0.2, -0.15) is 0 Å². The average Bonchev–Trinajstić information content (AvgIpc) is 2.59. The Bertz CT molecular complexity index is 599. The molecule has 1 aromatic carbocycles. The monoisotopic (exact) mass is 298 g/mol. The Morgan fingerprint density at radius 3 is 2.82 bits per heavy atom. The average molecular weight is 298 g/mol. The van der Waals surface area contributed by atoms with Crippen LogP contribution in [0.3, 0.4) is 0 Å². The van der Waals surface area contributed by atoms with Crippen molar-refractivity contribution in [3.63, 3.8) is 0 Å². The van der Waals surface area contributed by atoms with E-state index in [1.54, 1.807) is 20.4 Å². The highest BCUT2D eigenvalue weighted by molar-refractivity contribution is 5.79. The van der Waals surface area contributed by atoms with Crippen molar-refractivity contribution in [1.29, 1.82) is 0 Å². The summed E-state index contributed by atoms with van der Waals surface area (Å²) in [6, 6.07) is 14.0. The first-order valence-corrected chi connectivity index (χ1v) is 7.29. The smallest absolute Gasteiger partial charge is 0.191 e. The molecule has 2 N–H and O–H groups in total. The molecule has 22 heavy (non-hydrogen) atoms. The van der Waals surface area contributed by atoms with Crippen molar-refractivity contribution in [2.45, 2.75) is 13.0 Å². The fourth-order valence-corrected chi connectivity index (χ4v) is 2.05. The highest BCUT2D eigenvalue weighted by Crippen LogP contribution is 2.12. The van der Waals surface area contributed by atoms with Crippen molar-refractivity contribution in [3.8, 4) is 5.75 Å². The lowest BCUT2D eigenvalue weighted by Crippen LogP contribution is -2.38. The molecule has 0 unspecified atom stereocenters. The number of methoxy groups -OCH3 is 1. The lowest BCUT2D eigenvalue weighted by molar-refractivity contribution is 0.414. The van der Waals surface area contributed by atoms with E-state index in [2.05, 4.69) is 26.7 Å². The van der Waals surface area contributed by atoms with Crippen LogP contribution in [0.25, 0.3) is 0 Å². The van der Waals surface area contributed by atoms with Crippen molar-refractivity contribution in [3.05, 3.63) is 59.9 Å². The number of benzene rings is 1. The number of nitrogens with one attached hydrogen (secondary N) is 2. The van der Waals surface area contributed by atoms with E-state index in [1.807, 2.05) is 36.4 Å². The number of hydrogen-bond acceptors (Lipinski definition) is 3. The Labute approximate surface area is 131 Å². The molecule has 0 saturated carbocycles. The maximum Gasteiger partial charge on any atom is 0.191 e. The van der Waals surface area contributed by atoms with Crippen LogP contribution in [0.1, 0.15) is 11.3 Å². The molecule has 1 heterocycles. The lowest BCUT2D eigenvalue weighted by Gasteiger charge is -2.12. The molecule has 0 saturated heterocycles. The predicted molar refractivity (Wildman–Crippen MR) is 89.1 cm³/mol. The normalized spacial score (nSPS) is 11.1. The molecule has 0 bridgehead atoms. The molecule has 1 aromatic heterocycles. The van der Waals surface area contributed by atoms with Crippen LogP contribution in [0.4, 0.5) is 0 Å². The molecule has 0 fully saturated rings. The van der Waals surface area contributed by atoms with E-state index in [-0.39, 0.29) is 0 Å². The van der Waals surface area contributed by atoms with Crippen molar-refractivity contribution in [1.82, 2.24) is 15.6 Å². The van der Waals surface area contributed by atoms with Crippen LogP contribution in [0, 0.1) is 0 Å². The minimum atomic E-state index is 0.652. The van der Waals surface area contributed by atoms with Gasteiger partial charge in [-0.25, -0.2) is 0 Å². The highest BCUT2D eigenvalue weighted by atomic mass is 16.5. The summed E-state index contributed by atoms with van der Waals surface area (Å²) < 4.78 is 5.23. The number of guanidine groups is 1. The SMILES string of the molecule is CN=C(NCCc1cccc(OC)c1)NCc1ccccn1. The quantitative estimate of drug-likeness (QED) is 0.632. The van der Waals surface area contributed by atoms with Crippen LogP contribution in [0.2, 0.25) is 0 Å². The van der Waals surface area contributed by atoms with Crippen LogP contribution in [0.5, 0.6) is 5.75 Å². The van der Waals surface area contributed by atoms with E-state index in [9.17, 15) is 0 Å². The second-order valence-corrected chi connectivity index (χ2v) is 4.78. The zero-order valence-corrected chi connectivity index (χ0v) is 13.0. The predicted octanol–water partition coefficient (Wildman–Crippen LogP) is 2.00. The van der Waals surface area contributed by atoms with Gasteiger partial charge in [0, 0.05) is 19.8 Å². The van der Waals surface area contributed by atoms with Crippen LogP contribution < -0.4 is 15.4 Å². The van der Waals surface area contributed by atoms with Gasteiger partial charge in [0.25, 0.3) is 0 Å². The largest absolute Gasteiger partial charge is 0.497 e. The second-order valence-electron chi connectivity index (χ2n) is 4.78. The van der Waals surface area contributed by atoms with Crippen LogP contribution in [-0.2, 0) is 13.0 Å². The van der Waals surface area contributed by atoms with Crippen molar-refractivity contribution >= 4 is 5.96 Å². The molecule has 0 spiro atoms. The summed E-state index contributed by atoms with van der Waals surface area (Å²) in [6.45, 7) is 1.45. The molecule has 0 aliphatic rings. The van der Waals surface area contributed by atoms with Gasteiger partial charge >= 0.3 is 0 Å². The Balaban J connectivity index is 1.76. The third-order valence-corrected chi connectivity index (χ3v) is 3.23. The van der Waals surface area contributed by atoms with Gasteiger partial charge < -0.3 is 15.4 Å². The molecule has 2 rings (SSSR count). The zero-order valence-electron chi connectivity index (χ0n) is 13.0. The van der Waals surface area contributed by atoms with E-state index >= 15 is 0 Å². The van der Waals surface area contributed by atoms with Crippen molar-refractivity contribution in [2.24, 2.45) is 4.99 Å². The highest BCUT2D eigenvalue weighted by Gasteiger charge is 2.00. The van der Waals surface area contributed by atoms with Gasteiger partial charge in [-0.15, -0.1) is 0 Å². The molecule has 0 aliphatic carbocycles. The third-order valence-electron chi connectivity index (χ3n) is 3.23. The Kier molecular flexibility index (Phi) is 6.23. The van der Waals surface area contributed by atoms with E-state index in [4.69, 9.17) is 4.74 Å². The first-order chi connectivity index (χ1) is 10.8. The third kappa shape index (κ3) is 5.09. The summed E-state index contributed by atoms with van der Waals surface area (Å²) in [5, 5.41) is 6.54. The van der Waals surface area contributed by atoms with Gasteiger partial charge in [0.2, 0.25) is 0 Å². The first kappa shape index (κ1) is 15.8. The fourth-order valence-electron chi connectivity index (χ4n) is 2.05. The van der Waals surface area contributed by atoms with Crippen LogP contribution in [-0.4, -0.2) is 31.6 Å². The number of aromatic nitrogens is 1. The summed E-state index contributed by atoms with van der Waals surface area (Å²) >= 11 is 0. The molecular weight excluding hydrogens is 276 g/mol. The molecule has 0 aliphatic heterocycles. The van der Waals surface area contributed by atoms with Gasteiger partial charge in [-0.1, -0.05) is 18.2 Å². The molecule has 116 valence electrons. The minimum Gasteiger partial charge on any atom is -0.497 e. The Morgan fingerprint density at radius 1 is 1.18 bits per heavy atom. The first-order valence-electron chi connectivity index (χ1n) is 7.29. The Hall–Kier alpha value is -2.56. The Morgan fingerprint density at radius 2 is 2.09 bits per heavy atom. The van der Waals surface area contributed by atoms with E-state index in [0.717, 1.165) is 30.4 Å². The zero-order chi connectivity index (χ0) is 15.6. The van der Waals surface area contributed by atoms with E-state index in [1.165, 1.54) is 5.56 Å². The molecule has 0 atom stereocenters. The van der Waals surface area contributed by atoms with E-state index in [0.29, 0.717) is 6.54 Å². The minimum absolute atomic E-state index is 0.652. The van der Waals surface area contributed by atoms with Gasteiger partial charge in [0.05, 0.1) is 19.3 Å². The topological polar surface area (TPSA) is 58.5 Å². The molecule has 2 aromatic rings. The molecule has 0 amide bonds. The van der Waals surface area contributed by atoms with Crippen LogP contribution in [0.15, 0.2) is 53.7 Å². The number of nitrogens with zero attached hydrogens (tertiary/aromatic N) is 2. The van der Waals surface area contributed by atoms with Crippen molar-refractivity contribution < 1.29 is 4.74 Å². The summed E-state index contributed by atoms with van der Waals surface area (Å²) in [6.07, 6.45) is 2.69. The van der Waals surface area contributed by atoms with E-state index < -0.39 is 0 Å². The fraction of sp³-hybridized carbons (Fsp3) is 0.294. The summed E-state index contributed by atoms with van der Waals surface area (Å²) in [5.74, 6) is 1.66. The summed E-state index contributed by atoms with van der Waals surface area (Å²) in [7, 11) is 3.44. The van der Waals surface area contributed by atoms with Crippen LogP contribution >= 0.6 is 0 Å². The maximum absolute atomic E-state index is 5.23. The van der Waals surface area contributed by atoms with Gasteiger partial charge in [0.15, 0.2) is 5.96 Å². The van der Waals surface area contributed by atoms with Gasteiger partial charge in [-0.05, 0) is 36.2 Å². The summed E-state index contributed by atoms with van der Waals surface area (Å²) in [4.78, 5) is 8.48. The number of hydrogen-bond donors (Lipinski definition) is 2. The molecular formula is C17H22N4O. The molecule has 0 radical (unpaired) electrons. The second kappa shape index (κ2) is 8.67. The molecule has 5 nitrogen and oxygen atoms in total. The number of rotatable bonds is 6. The number of ether oxygens (including phenoxy) is 1. The maximum atomic E-state index is 5.23. The standard InChI is InChI=1S/C17H22N4O/c1-18-17(21-13-15-7-3-4-10-19-15)20-11-9-14-6-5-8-16(12-14)22-2/h3-8,10,12H,9,11,13H2,1-2H3,(H2,18,20,21). The number of pyridine rings is 1. The number of aliphatic imine (C=N–C) groups is 1.